The zero-order valence-corrected chi connectivity index (χ0v) is 10.9. The van der Waals surface area contributed by atoms with Gasteiger partial charge in [0, 0.05) is 19.7 Å². The number of morpholine rings is 1. The van der Waals surface area contributed by atoms with Gasteiger partial charge in [-0.25, -0.2) is 0 Å². The van der Waals surface area contributed by atoms with E-state index in [0.717, 1.165) is 39.1 Å². The summed E-state index contributed by atoms with van der Waals surface area (Å²) in [4.78, 5) is 2.47. The van der Waals surface area contributed by atoms with Gasteiger partial charge in [-0.05, 0) is 31.4 Å². The lowest BCUT2D eigenvalue weighted by atomic mass is 10.1. The van der Waals surface area contributed by atoms with Gasteiger partial charge in [0.25, 0.3) is 0 Å². The summed E-state index contributed by atoms with van der Waals surface area (Å²) in [6.07, 6.45) is 3.43. The Hall–Kier alpha value is -0.900. The lowest BCUT2D eigenvalue weighted by Crippen LogP contribution is -2.38. The maximum absolute atomic E-state index is 8.76. The van der Waals surface area contributed by atoms with E-state index < -0.39 is 0 Å². The molecule has 1 N–H and O–H groups in total. The standard InChI is InChI=1S/C15H23NO2/c17-11-6-2-5-9-16-10-12-18-15(13-16)14-7-3-1-4-8-14/h1,3-4,7-8,15,17H,2,5-6,9-13H2. The first-order chi connectivity index (χ1) is 8.90. The summed E-state index contributed by atoms with van der Waals surface area (Å²) in [5.41, 5.74) is 1.28. The van der Waals surface area contributed by atoms with Crippen LogP contribution in [-0.2, 0) is 4.74 Å². The number of ether oxygens (including phenoxy) is 1. The molecule has 1 atom stereocenters. The lowest BCUT2D eigenvalue weighted by molar-refractivity contribution is -0.0304. The quantitative estimate of drug-likeness (QED) is 0.785. The Morgan fingerprint density at radius 3 is 2.78 bits per heavy atom. The molecule has 0 amide bonds. The molecule has 1 aromatic carbocycles. The predicted molar refractivity (Wildman–Crippen MR) is 72.5 cm³/mol. The molecule has 3 nitrogen and oxygen atoms in total. The Bertz CT molecular complexity index is 329. The van der Waals surface area contributed by atoms with Gasteiger partial charge in [-0.15, -0.1) is 0 Å². The average Bonchev–Trinajstić information content (AvgIpc) is 2.45. The molecule has 0 aromatic heterocycles. The maximum atomic E-state index is 8.76. The van der Waals surface area contributed by atoms with Gasteiger partial charge in [0.15, 0.2) is 0 Å². The van der Waals surface area contributed by atoms with Crippen molar-refractivity contribution < 1.29 is 9.84 Å². The Labute approximate surface area is 109 Å². The van der Waals surface area contributed by atoms with Crippen molar-refractivity contribution in [3.63, 3.8) is 0 Å². The van der Waals surface area contributed by atoms with Crippen molar-refractivity contribution in [3.05, 3.63) is 35.9 Å². The highest BCUT2D eigenvalue weighted by Crippen LogP contribution is 2.21. The molecule has 1 fully saturated rings. The largest absolute Gasteiger partial charge is 0.396 e. The van der Waals surface area contributed by atoms with Crippen LogP contribution in [-0.4, -0.2) is 42.9 Å². The number of hydrogen-bond acceptors (Lipinski definition) is 3. The predicted octanol–water partition coefficient (Wildman–Crippen LogP) is 2.22. The summed E-state index contributed by atoms with van der Waals surface area (Å²) in [5.74, 6) is 0. The van der Waals surface area contributed by atoms with E-state index in [4.69, 9.17) is 9.84 Å². The summed E-state index contributed by atoms with van der Waals surface area (Å²) < 4.78 is 5.84. The van der Waals surface area contributed by atoms with E-state index in [1.165, 1.54) is 12.0 Å². The van der Waals surface area contributed by atoms with Crippen LogP contribution in [0.3, 0.4) is 0 Å². The second-order valence-electron chi connectivity index (χ2n) is 4.85. The molecule has 2 rings (SSSR count). The first kappa shape index (κ1) is 13.5. The van der Waals surface area contributed by atoms with Crippen LogP contribution >= 0.6 is 0 Å². The van der Waals surface area contributed by atoms with Crippen molar-refractivity contribution in [2.24, 2.45) is 0 Å². The number of hydrogen-bond donors (Lipinski definition) is 1. The Balaban J connectivity index is 1.78. The monoisotopic (exact) mass is 249 g/mol. The third kappa shape index (κ3) is 4.09. The SMILES string of the molecule is OCCCCCN1CCOC(c2ccccc2)C1. The number of benzene rings is 1. The Kier molecular flexibility index (Phi) is 5.65. The molecule has 1 heterocycles. The summed E-state index contributed by atoms with van der Waals surface area (Å²) in [6, 6.07) is 10.5. The minimum absolute atomic E-state index is 0.220. The molecule has 1 aromatic rings. The lowest BCUT2D eigenvalue weighted by Gasteiger charge is -2.33. The van der Waals surface area contributed by atoms with Crippen LogP contribution < -0.4 is 0 Å². The van der Waals surface area contributed by atoms with Crippen LogP contribution in [0.2, 0.25) is 0 Å². The number of aliphatic hydroxyl groups excluding tert-OH is 1. The van der Waals surface area contributed by atoms with Gasteiger partial charge in [0.05, 0.1) is 12.7 Å². The molecule has 0 aliphatic carbocycles. The molecule has 0 radical (unpaired) electrons. The van der Waals surface area contributed by atoms with E-state index in [0.29, 0.717) is 6.61 Å². The van der Waals surface area contributed by atoms with Crippen LogP contribution in [0.1, 0.15) is 30.9 Å². The second-order valence-corrected chi connectivity index (χ2v) is 4.85. The molecule has 100 valence electrons. The fraction of sp³-hybridized carbons (Fsp3) is 0.600. The van der Waals surface area contributed by atoms with Gasteiger partial charge in [-0.2, -0.15) is 0 Å². The van der Waals surface area contributed by atoms with E-state index in [1.54, 1.807) is 0 Å². The smallest absolute Gasteiger partial charge is 0.0952 e. The zero-order chi connectivity index (χ0) is 12.6. The molecule has 0 saturated carbocycles. The molecule has 1 aliphatic rings. The van der Waals surface area contributed by atoms with Crippen molar-refractivity contribution in [3.8, 4) is 0 Å². The van der Waals surface area contributed by atoms with Crippen LogP contribution in [0.5, 0.6) is 0 Å². The van der Waals surface area contributed by atoms with Crippen LogP contribution in [0.15, 0.2) is 30.3 Å². The van der Waals surface area contributed by atoms with Gasteiger partial charge < -0.3 is 9.84 Å². The number of nitrogens with zero attached hydrogens (tertiary/aromatic N) is 1. The first-order valence-electron chi connectivity index (χ1n) is 6.90. The van der Waals surface area contributed by atoms with Crippen LogP contribution in [0.25, 0.3) is 0 Å². The molecular weight excluding hydrogens is 226 g/mol. The third-order valence-electron chi connectivity index (χ3n) is 3.45. The van der Waals surface area contributed by atoms with Crippen molar-refractivity contribution in [1.82, 2.24) is 4.90 Å². The Morgan fingerprint density at radius 2 is 2.00 bits per heavy atom. The molecule has 1 saturated heterocycles. The molecule has 3 heteroatoms. The van der Waals surface area contributed by atoms with Gasteiger partial charge in [-0.1, -0.05) is 30.3 Å². The molecule has 0 spiro atoms. The number of aliphatic hydroxyl groups is 1. The van der Waals surface area contributed by atoms with Gasteiger partial charge in [0.1, 0.15) is 0 Å². The van der Waals surface area contributed by atoms with Gasteiger partial charge in [0.2, 0.25) is 0 Å². The van der Waals surface area contributed by atoms with E-state index in [1.807, 2.05) is 6.07 Å². The van der Waals surface area contributed by atoms with Crippen molar-refractivity contribution in [1.29, 1.82) is 0 Å². The molecule has 1 unspecified atom stereocenters. The molecule has 1 aliphatic heterocycles. The van der Waals surface area contributed by atoms with E-state index >= 15 is 0 Å². The van der Waals surface area contributed by atoms with E-state index in [-0.39, 0.29) is 6.10 Å². The van der Waals surface area contributed by atoms with Crippen molar-refractivity contribution in [2.75, 3.05) is 32.8 Å². The minimum atomic E-state index is 0.220. The molecule has 18 heavy (non-hydrogen) atoms. The van der Waals surface area contributed by atoms with Gasteiger partial charge in [-0.3, -0.25) is 4.90 Å². The van der Waals surface area contributed by atoms with Crippen molar-refractivity contribution in [2.45, 2.75) is 25.4 Å². The highest BCUT2D eigenvalue weighted by molar-refractivity contribution is 5.18. The van der Waals surface area contributed by atoms with Crippen LogP contribution in [0, 0.1) is 0 Å². The topological polar surface area (TPSA) is 32.7 Å². The van der Waals surface area contributed by atoms with Crippen LogP contribution in [0.4, 0.5) is 0 Å². The Morgan fingerprint density at radius 1 is 1.17 bits per heavy atom. The fourth-order valence-corrected chi connectivity index (χ4v) is 2.40. The summed E-state index contributed by atoms with van der Waals surface area (Å²) in [6.45, 7) is 4.27. The van der Waals surface area contributed by atoms with E-state index in [9.17, 15) is 0 Å². The highest BCUT2D eigenvalue weighted by atomic mass is 16.5. The number of rotatable bonds is 6. The number of unbranched alkanes of at least 4 members (excludes halogenated alkanes) is 2. The summed E-state index contributed by atoms with van der Waals surface area (Å²) >= 11 is 0. The summed E-state index contributed by atoms with van der Waals surface area (Å²) in [7, 11) is 0. The normalized spacial score (nSPS) is 21.1. The highest BCUT2D eigenvalue weighted by Gasteiger charge is 2.21. The summed E-state index contributed by atoms with van der Waals surface area (Å²) in [5, 5.41) is 8.76. The van der Waals surface area contributed by atoms with Crippen molar-refractivity contribution >= 4 is 0 Å². The molecule has 0 bridgehead atoms. The average molecular weight is 249 g/mol. The van der Waals surface area contributed by atoms with E-state index in [2.05, 4.69) is 29.2 Å². The molecular formula is C15H23NO2. The maximum Gasteiger partial charge on any atom is 0.0952 e. The first-order valence-corrected chi connectivity index (χ1v) is 6.90. The fourth-order valence-electron chi connectivity index (χ4n) is 2.40. The third-order valence-corrected chi connectivity index (χ3v) is 3.45. The minimum Gasteiger partial charge on any atom is -0.396 e. The zero-order valence-electron chi connectivity index (χ0n) is 10.9. The van der Waals surface area contributed by atoms with Gasteiger partial charge >= 0.3 is 0 Å². The second kappa shape index (κ2) is 7.52.